The first-order valence-electron chi connectivity index (χ1n) is 9.91. The molecule has 0 amide bonds. The van der Waals surface area contributed by atoms with Gasteiger partial charge >= 0.3 is 5.97 Å². The van der Waals surface area contributed by atoms with Gasteiger partial charge in [-0.15, -0.1) is 0 Å². The molecule has 2 atom stereocenters. The molecule has 138 valence electrons. The van der Waals surface area contributed by atoms with Gasteiger partial charge in [-0.2, -0.15) is 0 Å². The quantitative estimate of drug-likeness (QED) is 0.733. The number of hydrogen-bond acceptors (Lipinski definition) is 4. The van der Waals surface area contributed by atoms with Gasteiger partial charge in [0.2, 0.25) is 0 Å². The maximum absolute atomic E-state index is 11.7. The molecule has 0 radical (unpaired) electrons. The number of esters is 1. The van der Waals surface area contributed by atoms with Crippen molar-refractivity contribution >= 4 is 5.97 Å². The number of carbonyl (C=O) groups excluding carboxylic acids is 1. The van der Waals surface area contributed by atoms with Gasteiger partial charge in [-0.05, 0) is 75.4 Å². The van der Waals surface area contributed by atoms with Crippen LogP contribution >= 0.6 is 0 Å². The minimum absolute atomic E-state index is 0.233. The lowest BCUT2D eigenvalue weighted by molar-refractivity contribution is 0.0526. The van der Waals surface area contributed by atoms with Crippen LogP contribution in [-0.2, 0) is 11.3 Å². The van der Waals surface area contributed by atoms with E-state index in [2.05, 4.69) is 29.3 Å². The molecule has 1 aromatic rings. The van der Waals surface area contributed by atoms with Crippen molar-refractivity contribution in [3.8, 4) is 0 Å². The number of ether oxygens (including phenoxy) is 1. The summed E-state index contributed by atoms with van der Waals surface area (Å²) in [6, 6.07) is 8.67. The predicted molar refractivity (Wildman–Crippen MR) is 101 cm³/mol. The SMILES string of the molecule is CCOC(=O)c1ccc(CN2CCC(CN[C@@H]3C[C@H]3CC)CC2)cc1. The topological polar surface area (TPSA) is 41.6 Å². The third-order valence-corrected chi connectivity index (χ3v) is 5.69. The van der Waals surface area contributed by atoms with E-state index in [9.17, 15) is 4.79 Å². The van der Waals surface area contributed by atoms with Crippen LogP contribution in [0.2, 0.25) is 0 Å². The highest BCUT2D eigenvalue weighted by molar-refractivity contribution is 5.89. The van der Waals surface area contributed by atoms with E-state index in [1.165, 1.54) is 50.9 Å². The van der Waals surface area contributed by atoms with E-state index in [0.29, 0.717) is 12.2 Å². The van der Waals surface area contributed by atoms with Gasteiger partial charge in [0, 0.05) is 12.6 Å². The highest BCUT2D eigenvalue weighted by Gasteiger charge is 2.35. The summed E-state index contributed by atoms with van der Waals surface area (Å²) < 4.78 is 5.03. The molecule has 0 unspecified atom stereocenters. The van der Waals surface area contributed by atoms with Gasteiger partial charge < -0.3 is 10.1 Å². The Morgan fingerprint density at radius 2 is 1.92 bits per heavy atom. The molecule has 2 fully saturated rings. The van der Waals surface area contributed by atoms with Crippen LogP contribution in [0.1, 0.15) is 55.5 Å². The van der Waals surface area contributed by atoms with Crippen LogP contribution in [-0.4, -0.2) is 43.2 Å². The second-order valence-electron chi connectivity index (χ2n) is 7.56. The minimum Gasteiger partial charge on any atom is -0.462 e. The fourth-order valence-electron chi connectivity index (χ4n) is 3.83. The Hall–Kier alpha value is -1.39. The van der Waals surface area contributed by atoms with Crippen molar-refractivity contribution in [2.45, 2.75) is 52.1 Å². The van der Waals surface area contributed by atoms with Crippen molar-refractivity contribution in [3.63, 3.8) is 0 Å². The molecule has 0 spiro atoms. The smallest absolute Gasteiger partial charge is 0.338 e. The molecule has 2 aliphatic rings. The first-order valence-corrected chi connectivity index (χ1v) is 9.91. The third kappa shape index (κ3) is 5.29. The summed E-state index contributed by atoms with van der Waals surface area (Å²) >= 11 is 0. The summed E-state index contributed by atoms with van der Waals surface area (Å²) in [6.07, 6.45) is 5.29. The molecule has 4 heteroatoms. The van der Waals surface area contributed by atoms with Crippen molar-refractivity contribution in [1.82, 2.24) is 10.2 Å². The molecule has 4 nitrogen and oxygen atoms in total. The number of benzene rings is 1. The summed E-state index contributed by atoms with van der Waals surface area (Å²) in [6.45, 7) is 9.07. The summed E-state index contributed by atoms with van der Waals surface area (Å²) in [7, 11) is 0. The zero-order valence-electron chi connectivity index (χ0n) is 15.7. The van der Waals surface area contributed by atoms with Crippen molar-refractivity contribution in [1.29, 1.82) is 0 Å². The Morgan fingerprint density at radius 1 is 1.20 bits per heavy atom. The summed E-state index contributed by atoms with van der Waals surface area (Å²) in [5.41, 5.74) is 1.91. The molecule has 1 aromatic carbocycles. The van der Waals surface area contributed by atoms with Crippen molar-refractivity contribution in [3.05, 3.63) is 35.4 Å². The summed E-state index contributed by atoms with van der Waals surface area (Å²) in [4.78, 5) is 14.2. The van der Waals surface area contributed by atoms with E-state index in [1.807, 2.05) is 19.1 Å². The van der Waals surface area contributed by atoms with Crippen LogP contribution in [0.25, 0.3) is 0 Å². The molecule has 1 heterocycles. The number of hydrogen-bond donors (Lipinski definition) is 1. The van der Waals surface area contributed by atoms with Crippen molar-refractivity contribution in [2.24, 2.45) is 11.8 Å². The van der Waals surface area contributed by atoms with Gasteiger partial charge in [0.25, 0.3) is 0 Å². The number of piperidine rings is 1. The van der Waals surface area contributed by atoms with E-state index in [1.54, 1.807) is 0 Å². The van der Waals surface area contributed by atoms with Gasteiger partial charge in [0.15, 0.2) is 0 Å². The summed E-state index contributed by atoms with van der Waals surface area (Å²) in [5.74, 6) is 1.54. The molecular weight excluding hydrogens is 312 g/mol. The first-order chi connectivity index (χ1) is 12.2. The van der Waals surface area contributed by atoms with Gasteiger partial charge in [0.05, 0.1) is 12.2 Å². The molecule has 3 rings (SSSR count). The predicted octanol–water partition coefficient (Wildman–Crippen LogP) is 3.46. The van der Waals surface area contributed by atoms with Gasteiger partial charge in [-0.3, -0.25) is 4.90 Å². The largest absolute Gasteiger partial charge is 0.462 e. The number of nitrogens with one attached hydrogen (secondary N) is 1. The average Bonchev–Trinajstić information content (AvgIpc) is 3.41. The monoisotopic (exact) mass is 344 g/mol. The first kappa shape index (κ1) is 18.4. The Bertz CT molecular complexity index is 550. The highest BCUT2D eigenvalue weighted by atomic mass is 16.5. The van der Waals surface area contributed by atoms with E-state index in [0.717, 1.165) is 24.4 Å². The maximum Gasteiger partial charge on any atom is 0.338 e. The van der Waals surface area contributed by atoms with Crippen LogP contribution in [0.5, 0.6) is 0 Å². The zero-order valence-corrected chi connectivity index (χ0v) is 15.7. The highest BCUT2D eigenvalue weighted by Crippen LogP contribution is 2.33. The second kappa shape index (κ2) is 8.81. The van der Waals surface area contributed by atoms with Gasteiger partial charge in [0.1, 0.15) is 0 Å². The zero-order chi connectivity index (χ0) is 17.6. The van der Waals surface area contributed by atoms with Crippen LogP contribution in [0, 0.1) is 11.8 Å². The maximum atomic E-state index is 11.7. The third-order valence-electron chi connectivity index (χ3n) is 5.69. The van der Waals surface area contributed by atoms with Crippen molar-refractivity contribution < 1.29 is 9.53 Å². The molecular formula is C21H32N2O2. The molecule has 1 saturated carbocycles. The molecule has 0 aromatic heterocycles. The van der Waals surface area contributed by atoms with Crippen LogP contribution in [0.3, 0.4) is 0 Å². The molecule has 1 N–H and O–H groups in total. The van der Waals surface area contributed by atoms with Crippen LogP contribution in [0.15, 0.2) is 24.3 Å². The minimum atomic E-state index is -0.233. The molecule has 1 aliphatic carbocycles. The van der Waals surface area contributed by atoms with Crippen LogP contribution in [0.4, 0.5) is 0 Å². The van der Waals surface area contributed by atoms with Crippen molar-refractivity contribution in [2.75, 3.05) is 26.2 Å². The van der Waals surface area contributed by atoms with E-state index < -0.39 is 0 Å². The fourth-order valence-corrected chi connectivity index (χ4v) is 3.83. The number of rotatable bonds is 8. The number of likely N-dealkylation sites (tertiary alicyclic amines) is 1. The molecule has 25 heavy (non-hydrogen) atoms. The fraction of sp³-hybridized carbons (Fsp3) is 0.667. The Balaban J connectivity index is 1.37. The number of nitrogens with zero attached hydrogens (tertiary/aromatic N) is 1. The number of carbonyl (C=O) groups is 1. The molecule has 0 bridgehead atoms. The standard InChI is InChI=1S/C21H32N2O2/c1-3-18-13-20(18)22-14-16-9-11-23(12-10-16)15-17-5-7-19(8-6-17)21(24)25-4-2/h5-8,16,18,20,22H,3-4,9-15H2,1-2H3/t18-,20-/m1/s1. The second-order valence-corrected chi connectivity index (χ2v) is 7.56. The molecule has 1 saturated heterocycles. The van der Waals surface area contributed by atoms with Crippen LogP contribution < -0.4 is 5.32 Å². The lowest BCUT2D eigenvalue weighted by Crippen LogP contribution is -2.37. The van der Waals surface area contributed by atoms with Gasteiger partial charge in [-0.1, -0.05) is 25.5 Å². The molecule has 1 aliphatic heterocycles. The van der Waals surface area contributed by atoms with E-state index in [4.69, 9.17) is 4.74 Å². The van der Waals surface area contributed by atoms with E-state index in [-0.39, 0.29) is 5.97 Å². The van der Waals surface area contributed by atoms with Gasteiger partial charge in [-0.25, -0.2) is 4.79 Å². The lowest BCUT2D eigenvalue weighted by atomic mass is 9.96. The Kier molecular flexibility index (Phi) is 6.49. The Labute approximate surface area is 151 Å². The lowest BCUT2D eigenvalue weighted by Gasteiger charge is -2.32. The summed E-state index contributed by atoms with van der Waals surface area (Å²) in [5, 5.41) is 3.76. The normalized spacial score (nSPS) is 24.2. The van der Waals surface area contributed by atoms with E-state index >= 15 is 0 Å². The Morgan fingerprint density at radius 3 is 2.52 bits per heavy atom. The average molecular weight is 344 g/mol.